The van der Waals surface area contributed by atoms with Crippen LogP contribution in [0.1, 0.15) is 56.4 Å². The van der Waals surface area contributed by atoms with Crippen molar-refractivity contribution in [2.75, 3.05) is 24.7 Å². The van der Waals surface area contributed by atoms with E-state index in [4.69, 9.17) is 19.4 Å². The number of thioether (sulfide) groups is 1. The first-order chi connectivity index (χ1) is 18.7. The molecule has 1 N–H and O–H groups in total. The van der Waals surface area contributed by atoms with Gasteiger partial charge in [0.15, 0.2) is 11.8 Å². The first kappa shape index (κ1) is 27.9. The number of pyridine rings is 1. The van der Waals surface area contributed by atoms with E-state index in [1.54, 1.807) is 6.92 Å². The maximum absolute atomic E-state index is 12.4. The van der Waals surface area contributed by atoms with Gasteiger partial charge in [0.25, 0.3) is 0 Å². The molecule has 202 valence electrons. The third kappa shape index (κ3) is 7.95. The highest BCUT2D eigenvalue weighted by molar-refractivity contribution is 8.00. The van der Waals surface area contributed by atoms with Crippen molar-refractivity contribution in [3.63, 3.8) is 0 Å². The lowest BCUT2D eigenvalue weighted by atomic mass is 9.83. The van der Waals surface area contributed by atoms with Crippen molar-refractivity contribution in [2.45, 2.75) is 51.7 Å². The summed E-state index contributed by atoms with van der Waals surface area (Å²) in [5, 5.41) is 14.5. The second-order valence-corrected chi connectivity index (χ2v) is 10.4. The molecule has 4 rings (SSSR count). The molecule has 1 atom stereocenters. The van der Waals surface area contributed by atoms with Crippen LogP contribution in [0.3, 0.4) is 0 Å². The molecule has 0 saturated heterocycles. The van der Waals surface area contributed by atoms with Crippen molar-refractivity contribution in [1.29, 1.82) is 0 Å². The third-order valence-corrected chi connectivity index (χ3v) is 7.54. The molecular weight excluding hydrogens is 500 g/mol. The molecule has 1 aromatic heterocycles. The zero-order valence-electron chi connectivity index (χ0n) is 21.9. The van der Waals surface area contributed by atoms with Crippen LogP contribution in [-0.4, -0.2) is 46.5 Å². The molecule has 0 amide bonds. The topological polar surface area (TPSA) is 90.2 Å². The Morgan fingerprint density at radius 2 is 1.87 bits per heavy atom. The van der Waals surface area contributed by atoms with Crippen molar-refractivity contribution in [1.82, 2.24) is 4.98 Å². The fourth-order valence-corrected chi connectivity index (χ4v) is 5.28. The first-order valence-corrected chi connectivity index (χ1v) is 14.5. The largest absolute Gasteiger partial charge is 0.487 e. The van der Waals surface area contributed by atoms with Gasteiger partial charge in [-0.25, -0.2) is 9.78 Å². The summed E-state index contributed by atoms with van der Waals surface area (Å²) < 4.78 is 11.2. The number of carbonyl (C=O) groups excluding carboxylic acids is 1. The summed E-state index contributed by atoms with van der Waals surface area (Å²) in [6.07, 6.45) is 5.39. The molecule has 3 aromatic rings. The van der Waals surface area contributed by atoms with E-state index in [2.05, 4.69) is 16.2 Å². The molecule has 2 aromatic carbocycles. The molecule has 0 radical (unpaired) electrons. The first-order valence-electron chi connectivity index (χ1n) is 13.3. The molecular formula is C30H36N2O5S. The Hall–Kier alpha value is -3.10. The number of aliphatic hydroxyl groups is 1. The maximum atomic E-state index is 12.4. The monoisotopic (exact) mass is 536 g/mol. The molecule has 1 fully saturated rings. The van der Waals surface area contributed by atoms with E-state index < -0.39 is 5.97 Å². The van der Waals surface area contributed by atoms with E-state index >= 15 is 0 Å². The van der Waals surface area contributed by atoms with Gasteiger partial charge in [0, 0.05) is 22.8 Å². The van der Waals surface area contributed by atoms with Crippen molar-refractivity contribution in [2.24, 2.45) is 11.1 Å². The average molecular weight is 537 g/mol. The molecule has 1 saturated carbocycles. The molecule has 38 heavy (non-hydrogen) atoms. The fourth-order valence-electron chi connectivity index (χ4n) is 4.65. The highest BCUT2D eigenvalue weighted by atomic mass is 32.2. The highest BCUT2D eigenvalue weighted by Crippen LogP contribution is 2.37. The number of hydrogen-bond acceptors (Lipinski definition) is 8. The lowest BCUT2D eigenvalue weighted by Gasteiger charge is -2.29. The number of hydrogen-bond donors (Lipinski definition) is 1. The second-order valence-electron chi connectivity index (χ2n) is 9.31. The fraction of sp³-hybridized carbons (Fsp3) is 0.433. The van der Waals surface area contributed by atoms with E-state index in [-0.39, 0.29) is 25.0 Å². The number of fused-ring (bicyclic) bond motifs is 1. The summed E-state index contributed by atoms with van der Waals surface area (Å²) in [5.74, 6) is 1.43. The smallest absolute Gasteiger partial charge is 0.356 e. The Morgan fingerprint density at radius 1 is 1.08 bits per heavy atom. The van der Waals surface area contributed by atoms with E-state index in [9.17, 15) is 4.79 Å². The number of aliphatic hydroxyl groups excluding tert-OH is 1. The molecule has 0 bridgehead atoms. The number of ether oxygens (including phenoxy) is 2. The molecule has 0 aliphatic heterocycles. The van der Waals surface area contributed by atoms with Crippen molar-refractivity contribution in [3.8, 4) is 5.75 Å². The molecule has 0 spiro atoms. The number of aromatic nitrogens is 1. The lowest BCUT2D eigenvalue weighted by Crippen LogP contribution is -2.23. The molecule has 1 aliphatic rings. The zero-order chi connectivity index (χ0) is 26.6. The Labute approximate surface area is 228 Å². The van der Waals surface area contributed by atoms with E-state index in [0.717, 1.165) is 53.6 Å². The molecule has 1 unspecified atom stereocenters. The van der Waals surface area contributed by atoms with Gasteiger partial charge in [0.1, 0.15) is 12.4 Å². The van der Waals surface area contributed by atoms with Crippen LogP contribution in [0.2, 0.25) is 0 Å². The Morgan fingerprint density at radius 3 is 2.63 bits per heavy atom. The minimum atomic E-state index is -0.480. The van der Waals surface area contributed by atoms with Crippen LogP contribution in [0, 0.1) is 5.92 Å². The van der Waals surface area contributed by atoms with Crippen LogP contribution in [0.4, 0.5) is 0 Å². The van der Waals surface area contributed by atoms with Gasteiger partial charge in [0.05, 0.1) is 24.4 Å². The average Bonchev–Trinajstić information content (AvgIpc) is 2.96. The maximum Gasteiger partial charge on any atom is 0.356 e. The zero-order valence-corrected chi connectivity index (χ0v) is 22.7. The number of para-hydroxylation sites is 1. The predicted molar refractivity (Wildman–Crippen MR) is 151 cm³/mol. The van der Waals surface area contributed by atoms with Gasteiger partial charge < -0.3 is 19.4 Å². The number of carbonyl (C=O) groups is 1. The van der Waals surface area contributed by atoms with Crippen LogP contribution >= 0.6 is 11.8 Å². The van der Waals surface area contributed by atoms with Gasteiger partial charge in [-0.15, -0.1) is 0 Å². The summed E-state index contributed by atoms with van der Waals surface area (Å²) in [4.78, 5) is 23.2. The van der Waals surface area contributed by atoms with E-state index in [1.807, 2.05) is 54.6 Å². The molecule has 1 heterocycles. The van der Waals surface area contributed by atoms with E-state index in [0.29, 0.717) is 24.0 Å². The third-order valence-electron chi connectivity index (χ3n) is 6.59. The van der Waals surface area contributed by atoms with Crippen LogP contribution in [0.15, 0.2) is 65.8 Å². The van der Waals surface area contributed by atoms with Gasteiger partial charge in [-0.2, -0.15) is 11.8 Å². The van der Waals surface area contributed by atoms with Crippen LogP contribution < -0.4 is 4.74 Å². The van der Waals surface area contributed by atoms with Crippen LogP contribution in [-0.2, 0) is 21.0 Å². The van der Waals surface area contributed by atoms with Gasteiger partial charge in [-0.1, -0.05) is 60.8 Å². The normalized spacial score (nSPS) is 15.3. The second kappa shape index (κ2) is 14.7. The van der Waals surface area contributed by atoms with E-state index in [1.165, 1.54) is 18.2 Å². The van der Waals surface area contributed by atoms with Crippen LogP contribution in [0.5, 0.6) is 5.75 Å². The standard InChI is InChI=1S/C30H36N2O5S/c1-2-35-30(34)28(21-38-19-18-33)32-37-29(23-9-4-3-5-10-23)24-13-16-26(17-14-24)36-20-25-15-12-22-8-6-7-11-27(22)31-25/h6-8,11-17,23,29,33H,2-5,9-10,18-21H2,1H3/b32-28+. The van der Waals surface area contributed by atoms with Gasteiger partial charge in [-0.3, -0.25) is 0 Å². The molecule has 1 aliphatic carbocycles. The number of nitrogens with zero attached hydrogens (tertiary/aromatic N) is 2. The van der Waals surface area contributed by atoms with Crippen molar-refractivity contribution in [3.05, 3.63) is 71.9 Å². The summed E-state index contributed by atoms with van der Waals surface area (Å²) in [6.45, 7) is 2.45. The quantitative estimate of drug-likeness (QED) is 0.122. The summed E-state index contributed by atoms with van der Waals surface area (Å²) in [6, 6.07) is 20.0. The Bertz CT molecular complexity index is 1190. The van der Waals surface area contributed by atoms with Gasteiger partial charge in [-0.05, 0) is 49.6 Å². The minimum Gasteiger partial charge on any atom is -0.487 e. The van der Waals surface area contributed by atoms with Crippen molar-refractivity contribution < 1.29 is 24.2 Å². The summed E-state index contributed by atoms with van der Waals surface area (Å²) in [5.41, 5.74) is 3.06. The number of oxime groups is 1. The minimum absolute atomic E-state index is 0.0394. The summed E-state index contributed by atoms with van der Waals surface area (Å²) >= 11 is 1.42. The highest BCUT2D eigenvalue weighted by Gasteiger charge is 2.28. The van der Waals surface area contributed by atoms with Crippen LogP contribution in [0.25, 0.3) is 10.9 Å². The SMILES string of the molecule is CCOC(=O)/C(CSCCO)=N/OC(c1ccc(OCc2ccc3ccccc3n2)cc1)C1CCCCC1. The molecule has 8 heteroatoms. The van der Waals surface area contributed by atoms with Crippen molar-refractivity contribution >= 4 is 34.3 Å². The predicted octanol–water partition coefficient (Wildman–Crippen LogP) is 6.10. The van der Waals surface area contributed by atoms with Gasteiger partial charge >= 0.3 is 5.97 Å². The number of rotatable bonds is 13. The summed E-state index contributed by atoms with van der Waals surface area (Å²) in [7, 11) is 0. The Kier molecular flexibility index (Phi) is 10.8. The molecule has 7 nitrogen and oxygen atoms in total. The van der Waals surface area contributed by atoms with Gasteiger partial charge in [0.2, 0.25) is 0 Å². The number of benzene rings is 2. The number of esters is 1. The lowest BCUT2D eigenvalue weighted by molar-refractivity contribution is -0.135. The Balaban J connectivity index is 1.46.